The number of sulfonamides is 1. The number of H-pyrrole nitrogens is 1. The topological polar surface area (TPSA) is 108 Å². The molecule has 1 heterocycles. The van der Waals surface area contributed by atoms with E-state index in [0.29, 0.717) is 25.7 Å². The molecule has 1 aromatic heterocycles. The lowest BCUT2D eigenvalue weighted by molar-refractivity contribution is -0.124. The van der Waals surface area contributed by atoms with Crippen LogP contribution in [0, 0.1) is 5.92 Å². The molecular formula is C29H33N3O4S. The minimum atomic E-state index is -3.95. The van der Waals surface area contributed by atoms with Gasteiger partial charge in [-0.05, 0) is 53.3 Å². The Morgan fingerprint density at radius 3 is 2.51 bits per heavy atom. The zero-order chi connectivity index (χ0) is 26.4. The molecule has 0 aliphatic carbocycles. The van der Waals surface area contributed by atoms with Gasteiger partial charge in [0.25, 0.3) is 0 Å². The van der Waals surface area contributed by atoms with Crippen molar-refractivity contribution in [3.05, 3.63) is 78.5 Å². The largest absolute Gasteiger partial charge is 0.361 e. The molecule has 3 aromatic carbocycles. The Hall–Kier alpha value is -3.49. The molecule has 0 bridgehead atoms. The number of aromatic amines is 1. The van der Waals surface area contributed by atoms with Gasteiger partial charge in [0, 0.05) is 29.6 Å². The summed E-state index contributed by atoms with van der Waals surface area (Å²) in [6.07, 6.45) is 4.64. The van der Waals surface area contributed by atoms with E-state index in [1.807, 2.05) is 68.6 Å². The molecule has 0 saturated carbocycles. The predicted octanol–water partition coefficient (Wildman–Crippen LogP) is 4.72. The second-order valence-corrected chi connectivity index (χ2v) is 11.2. The lowest BCUT2D eigenvalue weighted by atomic mass is 9.97. The number of fused-ring (bicyclic) bond motifs is 2. The van der Waals surface area contributed by atoms with Gasteiger partial charge >= 0.3 is 0 Å². The fourth-order valence-corrected chi connectivity index (χ4v) is 5.92. The molecule has 194 valence electrons. The Morgan fingerprint density at radius 2 is 1.76 bits per heavy atom. The molecule has 37 heavy (non-hydrogen) atoms. The normalized spacial score (nSPS) is 14.3. The average Bonchev–Trinajstić information content (AvgIpc) is 3.32. The number of aldehydes is 1. The van der Waals surface area contributed by atoms with Gasteiger partial charge < -0.3 is 15.1 Å². The van der Waals surface area contributed by atoms with Crippen LogP contribution in [-0.2, 0) is 26.0 Å². The third kappa shape index (κ3) is 6.26. The molecule has 3 atom stereocenters. The van der Waals surface area contributed by atoms with E-state index >= 15 is 0 Å². The summed E-state index contributed by atoms with van der Waals surface area (Å²) in [5.41, 5.74) is 2.03. The lowest BCUT2D eigenvalue weighted by Gasteiger charge is -2.26. The van der Waals surface area contributed by atoms with Crippen molar-refractivity contribution in [1.29, 1.82) is 0 Å². The number of carbonyl (C=O) groups excluding carboxylic acids is 2. The van der Waals surface area contributed by atoms with Crippen LogP contribution < -0.4 is 10.0 Å². The molecule has 0 unspecified atom stereocenters. The quantitative estimate of drug-likeness (QED) is 0.235. The first-order chi connectivity index (χ1) is 17.8. The second-order valence-electron chi connectivity index (χ2n) is 9.51. The average molecular weight is 520 g/mol. The fraction of sp³-hybridized carbons (Fsp3) is 0.310. The van der Waals surface area contributed by atoms with Gasteiger partial charge in [-0.1, -0.05) is 68.8 Å². The number of amides is 1. The van der Waals surface area contributed by atoms with Crippen molar-refractivity contribution in [1.82, 2.24) is 15.0 Å². The molecule has 0 aliphatic rings. The Labute approximate surface area is 217 Å². The van der Waals surface area contributed by atoms with Crippen LogP contribution in [0.5, 0.6) is 0 Å². The van der Waals surface area contributed by atoms with Gasteiger partial charge in [-0.2, -0.15) is 4.72 Å². The number of rotatable bonds is 12. The Bertz CT molecular complexity index is 1500. The van der Waals surface area contributed by atoms with Crippen molar-refractivity contribution >= 4 is 43.9 Å². The molecule has 0 saturated heterocycles. The van der Waals surface area contributed by atoms with Crippen LogP contribution in [0.1, 0.15) is 38.7 Å². The van der Waals surface area contributed by atoms with Crippen LogP contribution in [-0.4, -0.2) is 37.7 Å². The third-order valence-electron chi connectivity index (χ3n) is 6.93. The molecule has 0 radical (unpaired) electrons. The minimum Gasteiger partial charge on any atom is -0.361 e. The summed E-state index contributed by atoms with van der Waals surface area (Å²) in [6, 6.07) is 19.1. The number of nitrogens with one attached hydrogen (secondary N) is 3. The van der Waals surface area contributed by atoms with E-state index in [4.69, 9.17) is 0 Å². The van der Waals surface area contributed by atoms with E-state index in [0.717, 1.165) is 33.5 Å². The lowest BCUT2D eigenvalue weighted by Crippen LogP contribution is -2.52. The van der Waals surface area contributed by atoms with Gasteiger partial charge in [-0.25, -0.2) is 8.42 Å². The number of hydrogen-bond acceptors (Lipinski definition) is 4. The van der Waals surface area contributed by atoms with E-state index in [2.05, 4.69) is 15.0 Å². The molecule has 0 fully saturated rings. The molecular weight excluding hydrogens is 486 g/mol. The van der Waals surface area contributed by atoms with Gasteiger partial charge in [0.1, 0.15) is 12.3 Å². The van der Waals surface area contributed by atoms with Crippen molar-refractivity contribution in [3.63, 3.8) is 0 Å². The summed E-state index contributed by atoms with van der Waals surface area (Å²) in [5, 5.41) is 5.84. The summed E-state index contributed by atoms with van der Waals surface area (Å²) >= 11 is 0. The first kappa shape index (κ1) is 26.6. The number of carbonyl (C=O) groups is 2. The highest BCUT2D eigenvalue weighted by molar-refractivity contribution is 7.89. The van der Waals surface area contributed by atoms with Crippen molar-refractivity contribution in [2.24, 2.45) is 5.92 Å². The van der Waals surface area contributed by atoms with Gasteiger partial charge in [0.2, 0.25) is 15.9 Å². The molecule has 0 aliphatic heterocycles. The first-order valence-electron chi connectivity index (χ1n) is 12.6. The van der Waals surface area contributed by atoms with Crippen LogP contribution in [0.25, 0.3) is 21.7 Å². The highest BCUT2D eigenvalue weighted by Crippen LogP contribution is 2.22. The molecule has 1 amide bonds. The minimum absolute atomic E-state index is 0.114. The van der Waals surface area contributed by atoms with Crippen LogP contribution in [0.3, 0.4) is 0 Å². The maximum atomic E-state index is 13.5. The highest BCUT2D eigenvalue weighted by atomic mass is 32.2. The maximum Gasteiger partial charge on any atom is 0.241 e. The highest BCUT2D eigenvalue weighted by Gasteiger charge is 2.31. The molecule has 0 spiro atoms. The van der Waals surface area contributed by atoms with Crippen LogP contribution in [0.4, 0.5) is 0 Å². The van der Waals surface area contributed by atoms with Gasteiger partial charge in [-0.3, -0.25) is 4.79 Å². The standard InChI is InChI=1S/C29H33N3O4S/c1-3-20(2)28(32-37(35,36)25-15-14-21-9-4-5-10-22(21)18-25)29(34)31-24(11-8-16-33)17-23-19-30-27-13-7-6-12-26(23)27/h4-7,9-10,12-16,18-20,24,28,30,32H,3,8,11,17H2,1-2H3,(H,31,34)/t20-,24+,28-/m0/s1. The van der Waals surface area contributed by atoms with E-state index in [-0.39, 0.29) is 16.9 Å². The van der Waals surface area contributed by atoms with Crippen molar-refractivity contribution in [2.75, 3.05) is 0 Å². The van der Waals surface area contributed by atoms with E-state index < -0.39 is 22.0 Å². The predicted molar refractivity (Wildman–Crippen MR) is 147 cm³/mol. The first-order valence-corrected chi connectivity index (χ1v) is 14.1. The third-order valence-corrected chi connectivity index (χ3v) is 8.37. The molecule has 8 heteroatoms. The number of para-hydroxylation sites is 1. The van der Waals surface area contributed by atoms with Crippen LogP contribution >= 0.6 is 0 Å². The summed E-state index contributed by atoms with van der Waals surface area (Å²) in [5.74, 6) is -0.635. The second kappa shape index (κ2) is 11.7. The Morgan fingerprint density at radius 1 is 1.03 bits per heavy atom. The summed E-state index contributed by atoms with van der Waals surface area (Å²) in [6.45, 7) is 3.78. The summed E-state index contributed by atoms with van der Waals surface area (Å²) in [7, 11) is -3.95. The van der Waals surface area contributed by atoms with Crippen LogP contribution in [0.15, 0.2) is 77.8 Å². The van der Waals surface area contributed by atoms with E-state index in [1.165, 1.54) is 0 Å². The van der Waals surface area contributed by atoms with Gasteiger partial charge in [-0.15, -0.1) is 0 Å². The van der Waals surface area contributed by atoms with E-state index in [9.17, 15) is 18.0 Å². The monoisotopic (exact) mass is 519 g/mol. The molecule has 4 aromatic rings. The number of aromatic nitrogens is 1. The maximum absolute atomic E-state index is 13.5. The van der Waals surface area contributed by atoms with E-state index in [1.54, 1.807) is 18.2 Å². The van der Waals surface area contributed by atoms with Crippen molar-refractivity contribution in [2.45, 2.75) is 56.5 Å². The Balaban J connectivity index is 1.55. The molecule has 4 rings (SSSR count). The van der Waals surface area contributed by atoms with Crippen molar-refractivity contribution in [3.8, 4) is 0 Å². The zero-order valence-electron chi connectivity index (χ0n) is 21.1. The van der Waals surface area contributed by atoms with Crippen molar-refractivity contribution < 1.29 is 18.0 Å². The smallest absolute Gasteiger partial charge is 0.241 e. The summed E-state index contributed by atoms with van der Waals surface area (Å²) in [4.78, 5) is 28.0. The van der Waals surface area contributed by atoms with Gasteiger partial charge in [0.15, 0.2) is 0 Å². The SMILES string of the molecule is CC[C@H](C)[C@H](NS(=O)(=O)c1ccc2ccccc2c1)C(=O)N[C@H](CCC=O)Cc1c[nH]c2ccccc12. The molecule has 7 nitrogen and oxygen atoms in total. The summed E-state index contributed by atoms with van der Waals surface area (Å²) < 4.78 is 29.3. The van der Waals surface area contributed by atoms with Gasteiger partial charge in [0.05, 0.1) is 4.90 Å². The Kier molecular flexibility index (Phi) is 8.41. The zero-order valence-corrected chi connectivity index (χ0v) is 21.9. The number of hydrogen-bond donors (Lipinski definition) is 3. The van der Waals surface area contributed by atoms with Crippen LogP contribution in [0.2, 0.25) is 0 Å². The molecule has 3 N–H and O–H groups in total. The number of benzene rings is 3. The fourth-order valence-electron chi connectivity index (χ4n) is 4.58.